The van der Waals surface area contributed by atoms with E-state index in [0.717, 1.165) is 22.7 Å². The van der Waals surface area contributed by atoms with Crippen molar-refractivity contribution >= 4 is 28.7 Å². The van der Waals surface area contributed by atoms with Gasteiger partial charge in [-0.15, -0.1) is 11.6 Å². The Morgan fingerprint density at radius 2 is 2.21 bits per heavy atom. The molecule has 0 saturated carbocycles. The molecule has 104 valence electrons. The number of carbonyl (C=O) groups excluding carboxylic acids is 1. The van der Waals surface area contributed by atoms with Crippen molar-refractivity contribution in [3.05, 3.63) is 11.5 Å². The maximum Gasteiger partial charge on any atom is 0.307 e. The second-order valence-electron chi connectivity index (χ2n) is 4.25. The van der Waals surface area contributed by atoms with Gasteiger partial charge in [0.2, 0.25) is 0 Å². The summed E-state index contributed by atoms with van der Waals surface area (Å²) < 4.78 is 8.63. The van der Waals surface area contributed by atoms with Crippen LogP contribution < -0.4 is 0 Å². The lowest BCUT2D eigenvalue weighted by molar-refractivity contribution is -0.143. The number of rotatable bonds is 5. The van der Waals surface area contributed by atoms with Crippen molar-refractivity contribution in [2.75, 3.05) is 6.61 Å². The van der Waals surface area contributed by atoms with Crippen LogP contribution in [0.15, 0.2) is 0 Å². The molecule has 0 radical (unpaired) electrons. The van der Waals surface area contributed by atoms with Gasteiger partial charge in [0, 0.05) is 13.6 Å². The van der Waals surface area contributed by atoms with Gasteiger partial charge in [0.25, 0.3) is 0 Å². The van der Waals surface area contributed by atoms with Crippen LogP contribution in [0.25, 0.3) is 11.2 Å². The fourth-order valence-electron chi connectivity index (χ4n) is 2.15. The monoisotopic (exact) mass is 284 g/mol. The average molecular weight is 285 g/mol. The molecule has 0 amide bonds. The summed E-state index contributed by atoms with van der Waals surface area (Å²) in [6, 6.07) is 0. The highest BCUT2D eigenvalue weighted by Crippen LogP contribution is 2.20. The molecule has 2 aromatic heterocycles. The Morgan fingerprint density at radius 1 is 1.47 bits per heavy atom. The third kappa shape index (κ3) is 2.58. The van der Waals surface area contributed by atoms with Crippen molar-refractivity contribution < 1.29 is 9.53 Å². The highest BCUT2D eigenvalue weighted by molar-refractivity contribution is 6.16. The summed E-state index contributed by atoms with van der Waals surface area (Å²) >= 11 is 5.91. The van der Waals surface area contributed by atoms with Gasteiger partial charge in [-0.25, -0.2) is 4.98 Å². The van der Waals surface area contributed by atoms with Crippen LogP contribution in [-0.4, -0.2) is 31.9 Å². The van der Waals surface area contributed by atoms with Gasteiger partial charge in [0.05, 0.1) is 24.6 Å². The minimum Gasteiger partial charge on any atom is -0.466 e. The van der Waals surface area contributed by atoms with Crippen molar-refractivity contribution in [1.82, 2.24) is 19.3 Å². The number of alkyl halides is 1. The normalized spacial score (nSPS) is 11.2. The molecule has 0 aromatic carbocycles. The molecule has 0 aliphatic carbocycles. The summed E-state index contributed by atoms with van der Waals surface area (Å²) in [6.07, 6.45) is 0.299. The second-order valence-corrected chi connectivity index (χ2v) is 4.52. The molecule has 7 heteroatoms. The number of hydrogen-bond donors (Lipinski definition) is 0. The number of aromatic nitrogens is 4. The maximum atomic E-state index is 11.5. The van der Waals surface area contributed by atoms with Gasteiger partial charge in [0.15, 0.2) is 5.65 Å². The van der Waals surface area contributed by atoms with E-state index in [4.69, 9.17) is 16.3 Å². The number of imidazole rings is 1. The van der Waals surface area contributed by atoms with E-state index in [1.54, 1.807) is 11.6 Å². The van der Waals surface area contributed by atoms with E-state index in [-0.39, 0.29) is 5.97 Å². The number of carbonyl (C=O) groups is 1. The number of nitrogens with zero attached hydrogens (tertiary/aromatic N) is 4. The van der Waals surface area contributed by atoms with E-state index >= 15 is 0 Å². The van der Waals surface area contributed by atoms with Crippen LogP contribution in [0.1, 0.15) is 24.9 Å². The Hall–Kier alpha value is -1.56. The zero-order valence-corrected chi connectivity index (χ0v) is 12.1. The predicted molar refractivity (Wildman–Crippen MR) is 72.0 cm³/mol. The number of fused-ring (bicyclic) bond motifs is 1. The molecular weight excluding hydrogens is 268 g/mol. The summed E-state index contributed by atoms with van der Waals surface area (Å²) in [6.45, 7) is 4.59. The lowest BCUT2D eigenvalue weighted by Crippen LogP contribution is -2.12. The Bertz CT molecular complexity index is 602. The molecule has 0 fully saturated rings. The van der Waals surface area contributed by atoms with Crippen LogP contribution in [-0.2, 0) is 29.0 Å². The second kappa shape index (κ2) is 5.61. The van der Waals surface area contributed by atoms with Crippen LogP contribution in [0.4, 0.5) is 0 Å². The van der Waals surface area contributed by atoms with E-state index in [9.17, 15) is 4.79 Å². The van der Waals surface area contributed by atoms with Gasteiger partial charge < -0.3 is 9.30 Å². The largest absolute Gasteiger partial charge is 0.466 e. The van der Waals surface area contributed by atoms with Crippen molar-refractivity contribution in [2.24, 2.45) is 7.05 Å². The van der Waals surface area contributed by atoms with Gasteiger partial charge in [0.1, 0.15) is 11.3 Å². The third-order valence-electron chi connectivity index (χ3n) is 2.93. The van der Waals surface area contributed by atoms with E-state index in [1.165, 1.54) is 0 Å². The molecule has 2 heterocycles. The molecule has 0 N–H and O–H groups in total. The van der Waals surface area contributed by atoms with Crippen LogP contribution in [0, 0.1) is 6.92 Å². The minimum atomic E-state index is -0.219. The van der Waals surface area contributed by atoms with Crippen molar-refractivity contribution in [3.63, 3.8) is 0 Å². The van der Waals surface area contributed by atoms with Crippen LogP contribution in [0.3, 0.4) is 0 Å². The molecular formula is C12H17ClN4O2. The summed E-state index contributed by atoms with van der Waals surface area (Å²) in [5.74, 6) is 0.831. The molecule has 0 aliphatic heterocycles. The number of aryl methyl sites for hydroxylation is 3. The number of halogens is 1. The molecule has 0 unspecified atom stereocenters. The Balaban J connectivity index is 2.32. The summed E-state index contributed by atoms with van der Waals surface area (Å²) in [4.78, 5) is 15.9. The van der Waals surface area contributed by atoms with E-state index in [0.29, 0.717) is 25.5 Å². The van der Waals surface area contributed by atoms with Crippen molar-refractivity contribution in [2.45, 2.75) is 32.7 Å². The van der Waals surface area contributed by atoms with Crippen molar-refractivity contribution in [3.8, 4) is 0 Å². The molecule has 0 saturated heterocycles. The van der Waals surface area contributed by atoms with Gasteiger partial charge in [-0.1, -0.05) is 0 Å². The van der Waals surface area contributed by atoms with Gasteiger partial charge >= 0.3 is 5.97 Å². The molecule has 0 bridgehead atoms. The number of esters is 1. The smallest absolute Gasteiger partial charge is 0.307 e. The topological polar surface area (TPSA) is 61.9 Å². The lowest BCUT2D eigenvalue weighted by Gasteiger charge is -2.07. The standard InChI is InChI=1S/C12H17ClN4O2/c1-4-19-10(18)5-6-17-9(7-13)14-11-8(2)15-16(3)12(11)17/h4-7H2,1-3H3. The Morgan fingerprint density at radius 3 is 2.84 bits per heavy atom. The third-order valence-corrected chi connectivity index (χ3v) is 3.17. The van der Waals surface area contributed by atoms with Crippen molar-refractivity contribution in [1.29, 1.82) is 0 Å². The van der Waals surface area contributed by atoms with Crippen LogP contribution in [0.5, 0.6) is 0 Å². The van der Waals surface area contributed by atoms with E-state index in [1.807, 2.05) is 18.5 Å². The molecule has 6 nitrogen and oxygen atoms in total. The first kappa shape index (κ1) is 13.9. The first-order valence-corrected chi connectivity index (χ1v) is 6.72. The molecule has 0 aliphatic rings. The fraction of sp³-hybridized carbons (Fsp3) is 0.583. The van der Waals surface area contributed by atoms with E-state index < -0.39 is 0 Å². The van der Waals surface area contributed by atoms with Crippen LogP contribution in [0.2, 0.25) is 0 Å². The first-order chi connectivity index (χ1) is 9.08. The Labute approximate surface area is 116 Å². The lowest BCUT2D eigenvalue weighted by atomic mass is 10.4. The summed E-state index contributed by atoms with van der Waals surface area (Å²) in [5.41, 5.74) is 2.58. The molecule has 0 atom stereocenters. The molecule has 0 spiro atoms. The maximum absolute atomic E-state index is 11.5. The molecule has 19 heavy (non-hydrogen) atoms. The van der Waals surface area contributed by atoms with Gasteiger partial charge in [-0.2, -0.15) is 5.10 Å². The zero-order valence-electron chi connectivity index (χ0n) is 11.3. The summed E-state index contributed by atoms with van der Waals surface area (Å²) in [5, 5.41) is 4.32. The zero-order chi connectivity index (χ0) is 14.0. The predicted octanol–water partition coefficient (Wildman–Crippen LogP) is 1.77. The fourth-order valence-corrected chi connectivity index (χ4v) is 2.36. The van der Waals surface area contributed by atoms with Crippen LogP contribution >= 0.6 is 11.6 Å². The molecule has 2 aromatic rings. The Kier molecular flexibility index (Phi) is 4.09. The minimum absolute atomic E-state index is 0.219. The number of hydrogen-bond acceptors (Lipinski definition) is 4. The van der Waals surface area contributed by atoms with Gasteiger partial charge in [-0.05, 0) is 13.8 Å². The highest BCUT2D eigenvalue weighted by atomic mass is 35.5. The quantitative estimate of drug-likeness (QED) is 0.620. The molecule has 2 rings (SSSR count). The number of ether oxygens (including phenoxy) is 1. The highest BCUT2D eigenvalue weighted by Gasteiger charge is 2.17. The first-order valence-electron chi connectivity index (χ1n) is 6.18. The SMILES string of the molecule is CCOC(=O)CCn1c(CCl)nc2c(C)nn(C)c21. The van der Waals surface area contributed by atoms with Gasteiger partial charge in [-0.3, -0.25) is 9.48 Å². The summed E-state index contributed by atoms with van der Waals surface area (Å²) in [7, 11) is 1.86. The van der Waals surface area contributed by atoms with E-state index in [2.05, 4.69) is 10.1 Å². The average Bonchev–Trinajstić information content (AvgIpc) is 2.86.